The fourth-order valence-electron chi connectivity index (χ4n) is 2.18. The number of ether oxygens (including phenoxy) is 1. The van der Waals surface area contributed by atoms with Crippen molar-refractivity contribution in [3.63, 3.8) is 0 Å². The fourth-order valence-corrected chi connectivity index (χ4v) is 2.92. The lowest BCUT2D eigenvalue weighted by Gasteiger charge is -2.05. The fraction of sp³-hybridized carbons (Fsp3) is 0.312. The van der Waals surface area contributed by atoms with E-state index in [-0.39, 0.29) is 17.5 Å². The Balaban J connectivity index is 1.80. The van der Waals surface area contributed by atoms with Crippen LogP contribution in [-0.4, -0.2) is 38.2 Å². The second-order valence-electron chi connectivity index (χ2n) is 5.69. The molecule has 0 unspecified atom stereocenters. The van der Waals surface area contributed by atoms with Gasteiger partial charge in [0.05, 0.1) is 18.5 Å². The first-order chi connectivity index (χ1) is 12.0. The molecule has 0 aliphatic heterocycles. The molecule has 0 fully saturated rings. The predicted octanol–water partition coefficient (Wildman–Crippen LogP) is 2.81. The van der Waals surface area contributed by atoms with E-state index >= 15 is 0 Å². The molecule has 9 heteroatoms. The number of carbonyl (C=O) groups excluding carboxylic acids is 1. The van der Waals surface area contributed by atoms with Crippen molar-refractivity contribution < 1.29 is 9.53 Å². The van der Waals surface area contributed by atoms with E-state index in [4.69, 9.17) is 4.74 Å². The summed E-state index contributed by atoms with van der Waals surface area (Å²) in [6, 6.07) is 7.35. The Hall–Kier alpha value is -2.81. The summed E-state index contributed by atoms with van der Waals surface area (Å²) >= 11 is 1.35. The molecular formula is C16H18N6O2S. The summed E-state index contributed by atoms with van der Waals surface area (Å²) < 4.78 is 6.75. The van der Waals surface area contributed by atoms with Crippen LogP contribution in [0.3, 0.4) is 0 Å². The smallest absolute Gasteiger partial charge is 0.279 e. The lowest BCUT2D eigenvalue weighted by Crippen LogP contribution is -2.14. The van der Waals surface area contributed by atoms with E-state index in [0.717, 1.165) is 16.4 Å². The monoisotopic (exact) mass is 358 g/mol. The minimum absolute atomic E-state index is 0.247. The van der Waals surface area contributed by atoms with Crippen LogP contribution in [0.15, 0.2) is 24.3 Å². The van der Waals surface area contributed by atoms with E-state index in [1.807, 2.05) is 38.1 Å². The molecule has 8 nitrogen and oxygen atoms in total. The summed E-state index contributed by atoms with van der Waals surface area (Å²) in [4.78, 5) is 12.5. The van der Waals surface area contributed by atoms with Gasteiger partial charge in [-0.25, -0.2) is 4.68 Å². The van der Waals surface area contributed by atoms with E-state index in [1.54, 1.807) is 18.7 Å². The number of carbonyl (C=O) groups is 1. The molecule has 0 atom stereocenters. The first kappa shape index (κ1) is 17.0. The third-order valence-electron chi connectivity index (χ3n) is 3.58. The minimum Gasteiger partial charge on any atom is -0.497 e. The van der Waals surface area contributed by atoms with Crippen molar-refractivity contribution in [2.24, 2.45) is 0 Å². The second kappa shape index (κ2) is 6.98. The number of nitrogens with zero attached hydrogens (tertiary/aromatic N) is 5. The first-order valence-corrected chi connectivity index (χ1v) is 8.52. The number of nitrogens with one attached hydrogen (secondary N) is 1. The number of amides is 1. The Labute approximate surface area is 148 Å². The summed E-state index contributed by atoms with van der Waals surface area (Å²) in [7, 11) is 1.61. The molecule has 0 aliphatic rings. The van der Waals surface area contributed by atoms with Crippen molar-refractivity contribution in [1.29, 1.82) is 0 Å². The van der Waals surface area contributed by atoms with Gasteiger partial charge in [-0.2, -0.15) is 0 Å². The number of benzene rings is 1. The van der Waals surface area contributed by atoms with Crippen molar-refractivity contribution in [2.75, 3.05) is 12.4 Å². The zero-order valence-electron chi connectivity index (χ0n) is 14.3. The van der Waals surface area contributed by atoms with Gasteiger partial charge in [0.1, 0.15) is 10.8 Å². The maximum absolute atomic E-state index is 12.5. The molecule has 3 aromatic rings. The molecule has 1 amide bonds. The largest absolute Gasteiger partial charge is 0.497 e. The number of methoxy groups -OCH3 is 1. The van der Waals surface area contributed by atoms with Crippen LogP contribution in [0.25, 0.3) is 5.69 Å². The summed E-state index contributed by atoms with van der Waals surface area (Å²) in [5.74, 6) is 0.654. The lowest BCUT2D eigenvalue weighted by molar-refractivity contribution is 0.102. The summed E-state index contributed by atoms with van der Waals surface area (Å²) in [5.41, 5.74) is 1.68. The highest BCUT2D eigenvalue weighted by Gasteiger charge is 2.19. The first-order valence-electron chi connectivity index (χ1n) is 7.71. The average molecular weight is 358 g/mol. The molecule has 2 heterocycles. The molecule has 1 aromatic carbocycles. The van der Waals surface area contributed by atoms with Gasteiger partial charge in [0.15, 0.2) is 5.69 Å². The Morgan fingerprint density at radius 2 is 1.92 bits per heavy atom. The van der Waals surface area contributed by atoms with Crippen LogP contribution >= 0.6 is 11.3 Å². The van der Waals surface area contributed by atoms with E-state index in [9.17, 15) is 4.79 Å². The normalized spacial score (nSPS) is 10.9. The SMILES string of the molecule is COc1ccc(-n2nnc(C(=O)Nc3nnc(C(C)C)s3)c2C)cc1. The van der Waals surface area contributed by atoms with Gasteiger partial charge in [-0.15, -0.1) is 15.3 Å². The highest BCUT2D eigenvalue weighted by atomic mass is 32.1. The topological polar surface area (TPSA) is 94.8 Å². The number of rotatable bonds is 5. The molecule has 0 radical (unpaired) electrons. The lowest BCUT2D eigenvalue weighted by atomic mass is 10.2. The number of anilines is 1. The van der Waals surface area contributed by atoms with Crippen LogP contribution in [0.2, 0.25) is 0 Å². The van der Waals surface area contributed by atoms with E-state index in [2.05, 4.69) is 25.8 Å². The van der Waals surface area contributed by atoms with Crippen LogP contribution in [0.1, 0.15) is 41.0 Å². The van der Waals surface area contributed by atoms with Crippen molar-refractivity contribution in [3.05, 3.63) is 40.7 Å². The summed E-state index contributed by atoms with van der Waals surface area (Å²) in [6.45, 7) is 5.84. The predicted molar refractivity (Wildman–Crippen MR) is 94.6 cm³/mol. The van der Waals surface area contributed by atoms with Gasteiger partial charge < -0.3 is 4.74 Å². The Morgan fingerprint density at radius 1 is 1.20 bits per heavy atom. The Morgan fingerprint density at radius 3 is 2.52 bits per heavy atom. The van der Waals surface area contributed by atoms with Gasteiger partial charge in [-0.3, -0.25) is 10.1 Å². The third kappa shape index (κ3) is 3.50. The molecule has 0 saturated carbocycles. The van der Waals surface area contributed by atoms with Gasteiger partial charge in [-0.05, 0) is 31.2 Å². The standard InChI is InChI=1S/C16H18N6O2S/c1-9(2)15-19-20-16(25-15)17-14(23)13-10(3)22(21-18-13)11-5-7-12(24-4)8-6-11/h5-9H,1-4H3,(H,17,20,23). The summed E-state index contributed by atoms with van der Waals surface area (Å²) in [6.07, 6.45) is 0. The molecule has 0 spiro atoms. The van der Waals surface area contributed by atoms with Crippen molar-refractivity contribution >= 4 is 22.4 Å². The number of hydrogen-bond acceptors (Lipinski definition) is 7. The van der Waals surface area contributed by atoms with Gasteiger partial charge in [0.25, 0.3) is 5.91 Å². The van der Waals surface area contributed by atoms with Crippen molar-refractivity contribution in [1.82, 2.24) is 25.2 Å². The van der Waals surface area contributed by atoms with Crippen molar-refractivity contribution in [3.8, 4) is 11.4 Å². The molecule has 130 valence electrons. The molecule has 3 rings (SSSR count). The molecule has 0 bridgehead atoms. The van der Waals surface area contributed by atoms with E-state index in [0.29, 0.717) is 10.8 Å². The quantitative estimate of drug-likeness (QED) is 0.753. The molecule has 2 aromatic heterocycles. The number of aromatic nitrogens is 5. The van der Waals surface area contributed by atoms with Gasteiger partial charge >= 0.3 is 0 Å². The third-order valence-corrected chi connectivity index (χ3v) is 4.72. The Kier molecular flexibility index (Phi) is 4.75. The highest BCUT2D eigenvalue weighted by Crippen LogP contribution is 2.23. The van der Waals surface area contributed by atoms with Gasteiger partial charge in [0.2, 0.25) is 5.13 Å². The number of hydrogen-bond donors (Lipinski definition) is 1. The zero-order chi connectivity index (χ0) is 18.0. The van der Waals surface area contributed by atoms with Gasteiger partial charge in [0, 0.05) is 5.92 Å². The molecule has 0 saturated heterocycles. The maximum atomic E-state index is 12.5. The zero-order valence-corrected chi connectivity index (χ0v) is 15.2. The van der Waals surface area contributed by atoms with E-state index < -0.39 is 0 Å². The molecule has 25 heavy (non-hydrogen) atoms. The summed E-state index contributed by atoms with van der Waals surface area (Å²) in [5, 5.41) is 20.2. The Bertz CT molecular complexity index is 884. The maximum Gasteiger partial charge on any atom is 0.279 e. The molecule has 0 aliphatic carbocycles. The highest BCUT2D eigenvalue weighted by molar-refractivity contribution is 7.15. The van der Waals surface area contributed by atoms with Crippen LogP contribution in [0, 0.1) is 6.92 Å². The van der Waals surface area contributed by atoms with Crippen LogP contribution in [-0.2, 0) is 0 Å². The average Bonchev–Trinajstić information content (AvgIpc) is 3.22. The molecule has 1 N–H and O–H groups in total. The van der Waals surface area contributed by atoms with Crippen LogP contribution in [0.4, 0.5) is 5.13 Å². The van der Waals surface area contributed by atoms with Crippen LogP contribution in [0.5, 0.6) is 5.75 Å². The minimum atomic E-state index is -0.358. The van der Waals surface area contributed by atoms with Crippen LogP contribution < -0.4 is 10.1 Å². The second-order valence-corrected chi connectivity index (χ2v) is 6.70. The van der Waals surface area contributed by atoms with E-state index in [1.165, 1.54) is 11.3 Å². The van der Waals surface area contributed by atoms with Gasteiger partial charge in [-0.1, -0.05) is 30.4 Å². The van der Waals surface area contributed by atoms with Crippen molar-refractivity contribution in [2.45, 2.75) is 26.7 Å². The molecular weight excluding hydrogens is 340 g/mol.